The summed E-state index contributed by atoms with van der Waals surface area (Å²) in [5.41, 5.74) is 7.49. The van der Waals surface area contributed by atoms with E-state index in [9.17, 15) is 0 Å². The zero-order chi connectivity index (χ0) is 14.0. The molecule has 0 spiro atoms. The van der Waals surface area contributed by atoms with Gasteiger partial charge in [0.05, 0.1) is 6.10 Å². The summed E-state index contributed by atoms with van der Waals surface area (Å²) < 4.78 is 6.78. The molecule has 0 aliphatic carbocycles. The monoisotopic (exact) mass is 326 g/mol. The number of halogens is 1. The molecule has 0 radical (unpaired) electrons. The molecule has 106 valence electrons. The van der Waals surface area contributed by atoms with Crippen molar-refractivity contribution in [1.29, 1.82) is 0 Å². The fourth-order valence-corrected chi connectivity index (χ4v) is 3.48. The summed E-state index contributed by atoms with van der Waals surface area (Å²) >= 11 is 3.54. The molecular weight excluding hydrogens is 304 g/mol. The van der Waals surface area contributed by atoms with E-state index < -0.39 is 0 Å². The minimum absolute atomic E-state index is 0.0760. The van der Waals surface area contributed by atoms with Crippen molar-refractivity contribution in [3.63, 3.8) is 0 Å². The van der Waals surface area contributed by atoms with Crippen molar-refractivity contribution < 1.29 is 4.74 Å². The van der Waals surface area contributed by atoms with Crippen LogP contribution in [0.4, 0.5) is 0 Å². The molecule has 19 heavy (non-hydrogen) atoms. The Labute approximate surface area is 124 Å². The van der Waals surface area contributed by atoms with Crippen LogP contribution in [0.2, 0.25) is 0 Å². The predicted molar refractivity (Wildman–Crippen MR) is 82.1 cm³/mol. The van der Waals surface area contributed by atoms with Crippen LogP contribution in [-0.4, -0.2) is 36.7 Å². The van der Waals surface area contributed by atoms with Crippen LogP contribution in [0.1, 0.15) is 31.9 Å². The third-order valence-corrected chi connectivity index (χ3v) is 4.48. The Morgan fingerprint density at radius 3 is 2.74 bits per heavy atom. The maximum Gasteiger partial charge on any atom is 0.0703 e. The Balaban J connectivity index is 2.25. The van der Waals surface area contributed by atoms with E-state index in [-0.39, 0.29) is 18.2 Å². The molecule has 3 nitrogen and oxygen atoms in total. The van der Waals surface area contributed by atoms with Crippen molar-refractivity contribution >= 4 is 15.9 Å². The molecule has 0 bridgehead atoms. The minimum Gasteiger partial charge on any atom is -0.377 e. The summed E-state index contributed by atoms with van der Waals surface area (Å²) in [5.74, 6) is 0. The highest BCUT2D eigenvalue weighted by atomic mass is 79.9. The summed E-state index contributed by atoms with van der Waals surface area (Å²) in [5, 5.41) is 0. The Morgan fingerprint density at radius 2 is 2.21 bits per heavy atom. The second-order valence-electron chi connectivity index (χ2n) is 5.46. The molecule has 0 amide bonds. The van der Waals surface area contributed by atoms with Crippen LogP contribution in [0.5, 0.6) is 0 Å². The average molecular weight is 327 g/mol. The van der Waals surface area contributed by atoms with Crippen molar-refractivity contribution in [1.82, 2.24) is 4.90 Å². The first-order valence-electron chi connectivity index (χ1n) is 6.85. The highest BCUT2D eigenvalue weighted by molar-refractivity contribution is 9.10. The molecule has 1 saturated heterocycles. The molecule has 0 saturated carbocycles. The standard InChI is InChI=1S/C15H23BrN2O/c1-10(17)15(12-5-4-6-13(16)9-12)18(3)14-7-8-19-11(14)2/h4-6,9-11,14-15H,7-8,17H2,1-3H3. The largest absolute Gasteiger partial charge is 0.377 e. The van der Waals surface area contributed by atoms with E-state index in [4.69, 9.17) is 10.5 Å². The topological polar surface area (TPSA) is 38.5 Å². The fourth-order valence-electron chi connectivity index (χ4n) is 3.06. The Morgan fingerprint density at radius 1 is 1.47 bits per heavy atom. The van der Waals surface area contributed by atoms with E-state index in [1.165, 1.54) is 5.56 Å². The lowest BCUT2D eigenvalue weighted by molar-refractivity contribution is 0.0626. The third-order valence-electron chi connectivity index (χ3n) is 3.99. The average Bonchev–Trinajstić information content (AvgIpc) is 2.75. The van der Waals surface area contributed by atoms with Gasteiger partial charge in [-0.3, -0.25) is 4.90 Å². The Bertz CT molecular complexity index is 424. The van der Waals surface area contributed by atoms with Gasteiger partial charge in [0.2, 0.25) is 0 Å². The molecular formula is C15H23BrN2O. The van der Waals surface area contributed by atoms with Crippen LogP contribution in [0.3, 0.4) is 0 Å². The van der Waals surface area contributed by atoms with Crippen molar-refractivity contribution in [2.24, 2.45) is 5.73 Å². The van der Waals surface area contributed by atoms with Crippen LogP contribution < -0.4 is 5.73 Å². The van der Waals surface area contributed by atoms with Gasteiger partial charge in [0.1, 0.15) is 0 Å². The molecule has 1 fully saturated rings. The number of hydrogen-bond donors (Lipinski definition) is 1. The summed E-state index contributed by atoms with van der Waals surface area (Å²) in [7, 11) is 2.16. The smallest absolute Gasteiger partial charge is 0.0703 e. The van der Waals surface area contributed by atoms with Crippen LogP contribution in [-0.2, 0) is 4.74 Å². The lowest BCUT2D eigenvalue weighted by Crippen LogP contribution is -2.45. The minimum atomic E-state index is 0.0760. The third kappa shape index (κ3) is 3.37. The number of likely N-dealkylation sites (N-methyl/N-ethyl adjacent to an activating group) is 1. The summed E-state index contributed by atoms with van der Waals surface area (Å²) in [6.45, 7) is 5.07. The van der Waals surface area contributed by atoms with Crippen LogP contribution in [0.25, 0.3) is 0 Å². The number of nitrogens with two attached hydrogens (primary N) is 1. The number of benzene rings is 1. The number of ether oxygens (including phenoxy) is 1. The molecule has 4 heteroatoms. The lowest BCUT2D eigenvalue weighted by atomic mass is 9.96. The van der Waals surface area contributed by atoms with E-state index in [1.807, 2.05) is 6.07 Å². The highest BCUT2D eigenvalue weighted by Gasteiger charge is 2.33. The van der Waals surface area contributed by atoms with E-state index in [0.717, 1.165) is 17.5 Å². The van der Waals surface area contributed by atoms with Gasteiger partial charge in [0.25, 0.3) is 0 Å². The van der Waals surface area contributed by atoms with Crippen molar-refractivity contribution in [3.05, 3.63) is 34.3 Å². The lowest BCUT2D eigenvalue weighted by Gasteiger charge is -2.37. The summed E-state index contributed by atoms with van der Waals surface area (Å²) in [4.78, 5) is 2.38. The Hall–Kier alpha value is -0.420. The number of hydrogen-bond acceptors (Lipinski definition) is 3. The first kappa shape index (κ1) is 15.0. The van der Waals surface area contributed by atoms with Crippen LogP contribution in [0.15, 0.2) is 28.7 Å². The van der Waals surface area contributed by atoms with Gasteiger partial charge in [0, 0.05) is 29.2 Å². The molecule has 4 atom stereocenters. The van der Waals surface area contributed by atoms with E-state index in [1.54, 1.807) is 0 Å². The predicted octanol–water partition coefficient (Wildman–Crippen LogP) is 2.95. The molecule has 1 heterocycles. The van der Waals surface area contributed by atoms with Gasteiger partial charge in [-0.05, 0) is 45.0 Å². The number of rotatable bonds is 4. The van der Waals surface area contributed by atoms with Gasteiger partial charge >= 0.3 is 0 Å². The van der Waals surface area contributed by atoms with Gasteiger partial charge in [-0.15, -0.1) is 0 Å². The molecule has 1 aromatic carbocycles. The molecule has 4 unspecified atom stereocenters. The van der Waals surface area contributed by atoms with Gasteiger partial charge in [-0.2, -0.15) is 0 Å². The summed E-state index contributed by atoms with van der Waals surface area (Å²) in [6, 6.07) is 9.15. The second-order valence-corrected chi connectivity index (χ2v) is 6.37. The zero-order valence-corrected chi connectivity index (χ0v) is 13.4. The van der Waals surface area contributed by atoms with Gasteiger partial charge in [-0.25, -0.2) is 0 Å². The van der Waals surface area contributed by atoms with Crippen molar-refractivity contribution in [2.75, 3.05) is 13.7 Å². The van der Waals surface area contributed by atoms with Crippen LogP contribution in [0, 0.1) is 0 Å². The maximum absolute atomic E-state index is 6.23. The maximum atomic E-state index is 6.23. The molecule has 2 N–H and O–H groups in total. The SMILES string of the molecule is CC(N)C(c1cccc(Br)c1)N(C)C1CCOC1C. The van der Waals surface area contributed by atoms with E-state index >= 15 is 0 Å². The molecule has 0 aromatic heterocycles. The van der Waals surface area contributed by atoms with Crippen LogP contribution >= 0.6 is 15.9 Å². The van der Waals surface area contributed by atoms with Gasteiger partial charge in [0.15, 0.2) is 0 Å². The molecule has 1 aliphatic heterocycles. The second kappa shape index (κ2) is 6.35. The van der Waals surface area contributed by atoms with Gasteiger partial charge in [-0.1, -0.05) is 28.1 Å². The van der Waals surface area contributed by atoms with Crippen molar-refractivity contribution in [2.45, 2.75) is 44.5 Å². The summed E-state index contributed by atoms with van der Waals surface area (Å²) in [6.07, 6.45) is 1.35. The molecule has 1 aromatic rings. The normalized spacial score (nSPS) is 26.6. The quantitative estimate of drug-likeness (QED) is 0.924. The zero-order valence-electron chi connectivity index (χ0n) is 11.8. The first-order valence-corrected chi connectivity index (χ1v) is 7.64. The molecule has 1 aliphatic rings. The molecule has 2 rings (SSSR count). The van der Waals surface area contributed by atoms with E-state index in [0.29, 0.717) is 6.04 Å². The highest BCUT2D eigenvalue weighted by Crippen LogP contribution is 2.30. The Kier molecular flexibility index (Phi) is 5.01. The van der Waals surface area contributed by atoms with E-state index in [2.05, 4.69) is 59.9 Å². The first-order chi connectivity index (χ1) is 9.00. The van der Waals surface area contributed by atoms with Crippen molar-refractivity contribution in [3.8, 4) is 0 Å². The number of nitrogens with zero attached hydrogens (tertiary/aromatic N) is 1. The fraction of sp³-hybridized carbons (Fsp3) is 0.600. The van der Waals surface area contributed by atoms with Gasteiger partial charge < -0.3 is 10.5 Å².